The molecule has 0 saturated heterocycles. The molecule has 0 bridgehead atoms. The molecular formula is C23H27N3O7S. The highest BCUT2D eigenvalue weighted by atomic mass is 32.2. The zero-order valence-electron chi connectivity index (χ0n) is 19.6. The third kappa shape index (κ3) is 5.48. The van der Waals surface area contributed by atoms with Crippen molar-refractivity contribution in [2.45, 2.75) is 5.75 Å². The first-order chi connectivity index (χ1) is 16.4. The zero-order valence-corrected chi connectivity index (χ0v) is 20.5. The number of carbonyl (C=O) groups is 1. The highest BCUT2D eigenvalue weighted by Crippen LogP contribution is 2.38. The van der Waals surface area contributed by atoms with Gasteiger partial charge in [-0.25, -0.2) is 4.98 Å². The Bertz CT molecular complexity index is 1200. The number of ether oxygens (including phenoxy) is 5. The minimum absolute atomic E-state index is 0.253. The van der Waals surface area contributed by atoms with Crippen molar-refractivity contribution in [3.63, 3.8) is 0 Å². The molecule has 0 aliphatic heterocycles. The highest BCUT2D eigenvalue weighted by Gasteiger charge is 2.17. The van der Waals surface area contributed by atoms with Crippen LogP contribution < -0.4 is 34.6 Å². The molecule has 1 aromatic heterocycles. The average molecular weight is 490 g/mol. The van der Waals surface area contributed by atoms with Crippen LogP contribution in [-0.2, 0) is 5.75 Å². The summed E-state index contributed by atoms with van der Waals surface area (Å²) < 4.78 is 26.4. The summed E-state index contributed by atoms with van der Waals surface area (Å²) in [5.74, 6) is 3.55. The fourth-order valence-corrected chi connectivity index (χ4v) is 4.02. The molecule has 0 radical (unpaired) electrons. The number of fused-ring (bicyclic) bond motifs is 1. The van der Waals surface area contributed by atoms with Gasteiger partial charge in [0.25, 0.3) is 11.5 Å². The van der Waals surface area contributed by atoms with Crippen LogP contribution in [0.15, 0.2) is 29.1 Å². The van der Waals surface area contributed by atoms with Crippen LogP contribution in [0.1, 0.15) is 16.2 Å². The second-order valence-corrected chi connectivity index (χ2v) is 8.06. The van der Waals surface area contributed by atoms with E-state index in [0.717, 1.165) is 0 Å². The van der Waals surface area contributed by atoms with E-state index in [1.165, 1.54) is 47.3 Å². The second kappa shape index (κ2) is 11.5. The maximum absolute atomic E-state index is 12.6. The molecule has 10 nitrogen and oxygen atoms in total. The minimum Gasteiger partial charge on any atom is -0.493 e. The molecule has 0 fully saturated rings. The molecule has 182 valence electrons. The maximum Gasteiger partial charge on any atom is 0.258 e. The van der Waals surface area contributed by atoms with E-state index in [1.807, 2.05) is 0 Å². The normalized spacial score (nSPS) is 10.6. The van der Waals surface area contributed by atoms with Gasteiger partial charge in [-0.3, -0.25) is 9.59 Å². The third-order valence-electron chi connectivity index (χ3n) is 4.96. The minimum atomic E-state index is -0.266. The Balaban J connectivity index is 1.59. The fraction of sp³-hybridized carbons (Fsp3) is 0.348. The van der Waals surface area contributed by atoms with Crippen LogP contribution in [-0.4, -0.2) is 63.7 Å². The lowest BCUT2D eigenvalue weighted by Gasteiger charge is -2.14. The van der Waals surface area contributed by atoms with Crippen LogP contribution in [0.2, 0.25) is 0 Å². The summed E-state index contributed by atoms with van der Waals surface area (Å²) >= 11 is 1.53. The van der Waals surface area contributed by atoms with E-state index in [9.17, 15) is 9.59 Å². The van der Waals surface area contributed by atoms with Crippen molar-refractivity contribution in [3.8, 4) is 28.7 Å². The molecule has 2 aromatic carbocycles. The predicted octanol–water partition coefficient (Wildman–Crippen LogP) is 2.63. The third-order valence-corrected chi connectivity index (χ3v) is 5.93. The van der Waals surface area contributed by atoms with Crippen LogP contribution >= 0.6 is 11.8 Å². The van der Waals surface area contributed by atoms with Gasteiger partial charge in [-0.2, -0.15) is 11.8 Å². The van der Waals surface area contributed by atoms with E-state index in [-0.39, 0.29) is 11.5 Å². The molecular weight excluding hydrogens is 462 g/mol. The molecule has 11 heteroatoms. The first kappa shape index (κ1) is 25.0. The molecule has 0 aliphatic carbocycles. The van der Waals surface area contributed by atoms with Gasteiger partial charge in [-0.15, -0.1) is 0 Å². The number of methoxy groups -OCH3 is 5. The molecule has 34 heavy (non-hydrogen) atoms. The van der Waals surface area contributed by atoms with E-state index in [0.29, 0.717) is 69.1 Å². The summed E-state index contributed by atoms with van der Waals surface area (Å²) in [6.45, 7) is 0.420. The highest BCUT2D eigenvalue weighted by molar-refractivity contribution is 7.98. The van der Waals surface area contributed by atoms with E-state index >= 15 is 0 Å². The van der Waals surface area contributed by atoms with Crippen molar-refractivity contribution in [2.24, 2.45) is 0 Å². The Hall–Kier alpha value is -3.60. The molecule has 3 rings (SSSR count). The van der Waals surface area contributed by atoms with Gasteiger partial charge < -0.3 is 34.0 Å². The number of nitrogens with one attached hydrogen (secondary N) is 2. The Morgan fingerprint density at radius 1 is 0.912 bits per heavy atom. The van der Waals surface area contributed by atoms with E-state index in [2.05, 4.69) is 15.3 Å². The summed E-state index contributed by atoms with van der Waals surface area (Å²) in [4.78, 5) is 32.3. The number of hydrogen-bond donors (Lipinski definition) is 2. The number of rotatable bonds is 11. The Morgan fingerprint density at radius 2 is 1.53 bits per heavy atom. The van der Waals surface area contributed by atoms with Crippen LogP contribution in [0.4, 0.5) is 0 Å². The number of H-pyrrole nitrogens is 1. The zero-order chi connectivity index (χ0) is 24.7. The molecule has 1 heterocycles. The van der Waals surface area contributed by atoms with E-state index < -0.39 is 0 Å². The molecule has 2 N–H and O–H groups in total. The largest absolute Gasteiger partial charge is 0.493 e. The number of aromatic amines is 1. The van der Waals surface area contributed by atoms with Gasteiger partial charge in [0.1, 0.15) is 5.82 Å². The van der Waals surface area contributed by atoms with Gasteiger partial charge in [-0.05, 0) is 18.2 Å². The molecule has 0 saturated carbocycles. The van der Waals surface area contributed by atoms with Crippen LogP contribution in [0.5, 0.6) is 28.7 Å². The lowest BCUT2D eigenvalue weighted by atomic mass is 10.1. The maximum atomic E-state index is 12.6. The monoisotopic (exact) mass is 489 g/mol. The van der Waals surface area contributed by atoms with Crippen molar-refractivity contribution in [1.29, 1.82) is 0 Å². The van der Waals surface area contributed by atoms with Gasteiger partial charge in [0.15, 0.2) is 23.0 Å². The number of benzene rings is 2. The Morgan fingerprint density at radius 3 is 2.12 bits per heavy atom. The Kier molecular flexibility index (Phi) is 8.47. The summed E-state index contributed by atoms with van der Waals surface area (Å²) in [5, 5.41) is 3.28. The average Bonchev–Trinajstić information content (AvgIpc) is 2.86. The van der Waals surface area contributed by atoms with Crippen molar-refractivity contribution < 1.29 is 28.5 Å². The lowest BCUT2D eigenvalue weighted by Crippen LogP contribution is -2.26. The number of amides is 1. The first-order valence-corrected chi connectivity index (χ1v) is 11.4. The van der Waals surface area contributed by atoms with Crippen molar-refractivity contribution in [1.82, 2.24) is 15.3 Å². The van der Waals surface area contributed by atoms with Crippen LogP contribution in [0, 0.1) is 0 Å². The lowest BCUT2D eigenvalue weighted by molar-refractivity contribution is 0.0955. The number of nitrogens with zero attached hydrogens (tertiary/aromatic N) is 1. The van der Waals surface area contributed by atoms with Crippen molar-refractivity contribution in [3.05, 3.63) is 46.0 Å². The van der Waals surface area contributed by atoms with Gasteiger partial charge in [0.05, 0.1) is 52.2 Å². The predicted molar refractivity (Wildman–Crippen MR) is 130 cm³/mol. The number of thioether (sulfide) groups is 1. The van der Waals surface area contributed by atoms with Gasteiger partial charge in [-0.1, -0.05) is 0 Å². The van der Waals surface area contributed by atoms with Crippen molar-refractivity contribution in [2.75, 3.05) is 47.8 Å². The van der Waals surface area contributed by atoms with Crippen molar-refractivity contribution >= 4 is 28.6 Å². The summed E-state index contributed by atoms with van der Waals surface area (Å²) in [6, 6.07) is 6.47. The van der Waals surface area contributed by atoms with Crippen LogP contribution in [0.3, 0.4) is 0 Å². The topological polar surface area (TPSA) is 121 Å². The fourth-order valence-electron chi connectivity index (χ4n) is 3.30. The summed E-state index contributed by atoms with van der Waals surface area (Å²) in [5.41, 5.74) is 0.661. The molecule has 0 unspecified atom stereocenters. The quantitative estimate of drug-likeness (QED) is 0.392. The molecule has 3 aromatic rings. The van der Waals surface area contributed by atoms with Gasteiger partial charge in [0.2, 0.25) is 5.75 Å². The number of hydrogen-bond acceptors (Lipinski definition) is 9. The summed E-state index contributed by atoms with van der Waals surface area (Å²) in [7, 11) is 7.53. The van der Waals surface area contributed by atoms with Gasteiger partial charge >= 0.3 is 0 Å². The molecule has 0 spiro atoms. The van der Waals surface area contributed by atoms with Crippen LogP contribution in [0.25, 0.3) is 10.9 Å². The van der Waals surface area contributed by atoms with E-state index in [4.69, 9.17) is 23.7 Å². The van der Waals surface area contributed by atoms with E-state index in [1.54, 1.807) is 24.3 Å². The molecule has 0 atom stereocenters. The summed E-state index contributed by atoms with van der Waals surface area (Å²) in [6.07, 6.45) is 0. The smallest absolute Gasteiger partial charge is 0.258 e. The number of carbonyl (C=O) groups excluding carboxylic acids is 1. The first-order valence-electron chi connectivity index (χ1n) is 10.3. The Labute approximate surface area is 200 Å². The number of aromatic nitrogens is 2. The second-order valence-electron chi connectivity index (χ2n) is 6.96. The standard InChI is InChI=1S/C23H27N3O7S/c1-29-16-10-14-15(11-17(16)30-2)25-20(26-23(14)28)12-34-7-6-24-22(27)13-8-18(31-3)21(33-5)19(9-13)32-4/h8-11H,6-7,12H2,1-5H3,(H,24,27)(H,25,26,28). The molecule has 0 aliphatic rings. The SMILES string of the molecule is COc1cc2nc(CSCCNC(=O)c3cc(OC)c(OC)c(OC)c3)[nH]c(=O)c2cc1OC. The van der Waals surface area contributed by atoms with Gasteiger partial charge in [0, 0.05) is 23.9 Å². The molecule has 1 amide bonds.